The van der Waals surface area contributed by atoms with Crippen LogP contribution in [0.1, 0.15) is 82.3 Å². The van der Waals surface area contributed by atoms with Gasteiger partial charge in [-0.2, -0.15) is 0 Å². The van der Waals surface area contributed by atoms with Gasteiger partial charge < -0.3 is 10.3 Å². The second kappa shape index (κ2) is 11.5. The Morgan fingerprint density at radius 1 is 1.00 bits per heavy atom. The Labute approximate surface area is 148 Å². The lowest BCUT2D eigenvalue weighted by Crippen LogP contribution is -2.03. The van der Waals surface area contributed by atoms with Gasteiger partial charge in [-0.1, -0.05) is 63.4 Å². The normalized spacial score (nSPS) is 11.9. The van der Waals surface area contributed by atoms with Crippen LogP contribution >= 0.6 is 15.9 Å². The van der Waals surface area contributed by atoms with E-state index in [9.17, 15) is 10.3 Å². The first-order valence-corrected chi connectivity index (χ1v) is 9.59. The van der Waals surface area contributed by atoms with Crippen LogP contribution < -0.4 is 0 Å². The first-order valence-electron chi connectivity index (χ1n) is 8.80. The number of aryl methyl sites for hydroxylation is 1. The van der Waals surface area contributed by atoms with Crippen LogP contribution in [0.3, 0.4) is 0 Å². The number of phenolic OH excluding ortho intramolecular Hbond substituents is 1. The van der Waals surface area contributed by atoms with E-state index in [0.717, 1.165) is 18.4 Å². The number of hydrogen-bond donors (Lipinski definition) is 2. The average Bonchev–Trinajstić information content (AvgIpc) is 2.53. The molecule has 0 aliphatic rings. The van der Waals surface area contributed by atoms with Crippen molar-refractivity contribution in [3.8, 4) is 5.75 Å². The van der Waals surface area contributed by atoms with Gasteiger partial charge in [0, 0.05) is 5.56 Å². The molecule has 0 aromatic heterocycles. The highest BCUT2D eigenvalue weighted by Gasteiger charge is 2.13. The van der Waals surface area contributed by atoms with E-state index in [1.165, 1.54) is 44.9 Å². The summed E-state index contributed by atoms with van der Waals surface area (Å²) in [6.45, 7) is 4.20. The molecule has 4 heteroatoms. The van der Waals surface area contributed by atoms with Crippen molar-refractivity contribution in [2.45, 2.75) is 78.1 Å². The molecule has 1 aromatic rings. The molecule has 2 N–H and O–H groups in total. The number of oxime groups is 1. The van der Waals surface area contributed by atoms with Gasteiger partial charge in [-0.25, -0.2) is 0 Å². The van der Waals surface area contributed by atoms with Gasteiger partial charge >= 0.3 is 0 Å². The first kappa shape index (κ1) is 20.0. The molecule has 0 amide bonds. The van der Waals surface area contributed by atoms with Crippen molar-refractivity contribution in [2.75, 3.05) is 0 Å². The minimum atomic E-state index is 0.152. The highest BCUT2D eigenvalue weighted by atomic mass is 79.9. The van der Waals surface area contributed by atoms with E-state index in [0.29, 0.717) is 22.2 Å². The van der Waals surface area contributed by atoms with E-state index < -0.39 is 0 Å². The van der Waals surface area contributed by atoms with Gasteiger partial charge in [-0.05, 0) is 53.4 Å². The molecule has 0 radical (unpaired) electrons. The van der Waals surface area contributed by atoms with Crippen molar-refractivity contribution < 1.29 is 10.3 Å². The van der Waals surface area contributed by atoms with Gasteiger partial charge in [0.15, 0.2) is 0 Å². The van der Waals surface area contributed by atoms with Crippen LogP contribution in [0, 0.1) is 6.92 Å². The summed E-state index contributed by atoms with van der Waals surface area (Å²) >= 11 is 3.34. The molecule has 1 aromatic carbocycles. The zero-order chi connectivity index (χ0) is 17.1. The lowest BCUT2D eigenvalue weighted by molar-refractivity contribution is 0.317. The molecule has 0 atom stereocenters. The Morgan fingerprint density at radius 2 is 1.57 bits per heavy atom. The van der Waals surface area contributed by atoms with Gasteiger partial charge in [-0.15, -0.1) is 0 Å². The van der Waals surface area contributed by atoms with Gasteiger partial charge in [0.1, 0.15) is 5.75 Å². The quantitative estimate of drug-likeness (QED) is 0.196. The van der Waals surface area contributed by atoms with E-state index in [4.69, 9.17) is 0 Å². The van der Waals surface area contributed by atoms with E-state index in [2.05, 4.69) is 28.0 Å². The van der Waals surface area contributed by atoms with Crippen LogP contribution in [-0.2, 0) is 0 Å². The Morgan fingerprint density at radius 3 is 2.13 bits per heavy atom. The maximum Gasteiger partial charge on any atom is 0.138 e. The molecule has 0 saturated heterocycles. The fourth-order valence-corrected chi connectivity index (χ4v) is 3.37. The Bertz CT molecular complexity index is 500. The largest absolute Gasteiger partial charge is 0.506 e. The summed E-state index contributed by atoms with van der Waals surface area (Å²) in [5.74, 6) is 0.152. The second-order valence-corrected chi connectivity index (χ2v) is 7.12. The summed E-state index contributed by atoms with van der Waals surface area (Å²) < 4.78 is 0.640. The van der Waals surface area contributed by atoms with Gasteiger partial charge in [0.2, 0.25) is 0 Å². The van der Waals surface area contributed by atoms with Crippen molar-refractivity contribution in [1.82, 2.24) is 0 Å². The van der Waals surface area contributed by atoms with Crippen LogP contribution in [0.5, 0.6) is 5.75 Å². The maximum atomic E-state index is 10.1. The average molecular weight is 384 g/mol. The Balaban J connectivity index is 2.33. The van der Waals surface area contributed by atoms with Crippen LogP contribution in [0.4, 0.5) is 0 Å². The third kappa shape index (κ3) is 7.38. The van der Waals surface area contributed by atoms with Gasteiger partial charge in [0.25, 0.3) is 0 Å². The van der Waals surface area contributed by atoms with E-state index >= 15 is 0 Å². The van der Waals surface area contributed by atoms with Gasteiger partial charge in [0.05, 0.1) is 10.2 Å². The number of phenols is 1. The molecule has 3 nitrogen and oxygen atoms in total. The molecule has 0 aliphatic heterocycles. The minimum absolute atomic E-state index is 0.152. The fraction of sp³-hybridized carbons (Fsp3) is 0.632. The summed E-state index contributed by atoms with van der Waals surface area (Å²) in [5.41, 5.74) is 2.21. The molecule has 0 aliphatic carbocycles. The molecule has 0 fully saturated rings. The topological polar surface area (TPSA) is 52.8 Å². The molecule has 130 valence electrons. The molecule has 0 unspecified atom stereocenters. The molecule has 23 heavy (non-hydrogen) atoms. The standard InChI is InChI=1S/C19H30BrNO2/c1-3-4-5-6-7-8-9-10-11-12-18(21-23)16-13-15(2)14-17(20)19(16)22/h13-14,22-23H,3-12H2,1-2H3/b21-18+. The molecule has 0 bridgehead atoms. The number of nitrogens with zero attached hydrogens (tertiary/aromatic N) is 1. The number of halogens is 1. The summed E-state index contributed by atoms with van der Waals surface area (Å²) in [6.07, 6.45) is 12.0. The summed E-state index contributed by atoms with van der Waals surface area (Å²) in [5, 5.41) is 22.8. The van der Waals surface area contributed by atoms with Crippen molar-refractivity contribution in [3.63, 3.8) is 0 Å². The van der Waals surface area contributed by atoms with Crippen LogP contribution in [0.2, 0.25) is 0 Å². The summed E-state index contributed by atoms with van der Waals surface area (Å²) in [7, 11) is 0. The minimum Gasteiger partial charge on any atom is -0.506 e. The van der Waals surface area contributed by atoms with E-state index in [-0.39, 0.29) is 5.75 Å². The predicted octanol–water partition coefficient (Wildman–Crippen LogP) is 6.56. The Kier molecular flexibility index (Phi) is 10.0. The molecular weight excluding hydrogens is 354 g/mol. The summed E-state index contributed by atoms with van der Waals surface area (Å²) in [6, 6.07) is 3.72. The lowest BCUT2D eigenvalue weighted by atomic mass is 10.00. The molecule has 0 heterocycles. The zero-order valence-electron chi connectivity index (χ0n) is 14.4. The molecule has 1 rings (SSSR count). The second-order valence-electron chi connectivity index (χ2n) is 6.27. The van der Waals surface area contributed by atoms with Crippen LogP contribution in [-0.4, -0.2) is 16.0 Å². The van der Waals surface area contributed by atoms with Gasteiger partial charge in [-0.3, -0.25) is 0 Å². The van der Waals surface area contributed by atoms with Crippen molar-refractivity contribution in [3.05, 3.63) is 27.7 Å². The highest BCUT2D eigenvalue weighted by Crippen LogP contribution is 2.30. The third-order valence-corrected chi connectivity index (χ3v) is 4.76. The number of rotatable bonds is 11. The maximum absolute atomic E-state index is 10.1. The SMILES string of the molecule is CCCCCCCCCCC/C(=N\O)c1cc(C)cc(Br)c1O. The molecule has 0 saturated carbocycles. The summed E-state index contributed by atoms with van der Waals surface area (Å²) in [4.78, 5) is 0. The van der Waals surface area contributed by atoms with Crippen molar-refractivity contribution in [2.24, 2.45) is 5.16 Å². The smallest absolute Gasteiger partial charge is 0.138 e. The predicted molar refractivity (Wildman–Crippen MR) is 101 cm³/mol. The fourth-order valence-electron chi connectivity index (χ4n) is 2.80. The van der Waals surface area contributed by atoms with E-state index in [1.807, 2.05) is 19.1 Å². The van der Waals surface area contributed by atoms with Crippen LogP contribution in [0.25, 0.3) is 0 Å². The van der Waals surface area contributed by atoms with Crippen LogP contribution in [0.15, 0.2) is 21.8 Å². The monoisotopic (exact) mass is 383 g/mol. The van der Waals surface area contributed by atoms with Crippen molar-refractivity contribution >= 4 is 21.6 Å². The number of unbranched alkanes of at least 4 members (excludes halogenated alkanes) is 8. The zero-order valence-corrected chi connectivity index (χ0v) is 16.0. The molecule has 0 spiro atoms. The first-order chi connectivity index (χ1) is 11.1. The van der Waals surface area contributed by atoms with Crippen molar-refractivity contribution in [1.29, 1.82) is 0 Å². The highest BCUT2D eigenvalue weighted by molar-refractivity contribution is 9.10. The number of aromatic hydroxyl groups is 1. The third-order valence-electron chi connectivity index (χ3n) is 4.16. The van der Waals surface area contributed by atoms with E-state index in [1.54, 1.807) is 0 Å². The Hall–Kier alpha value is -1.03. The number of benzene rings is 1. The number of hydrogen-bond acceptors (Lipinski definition) is 3. The molecular formula is C19H30BrNO2. The lowest BCUT2D eigenvalue weighted by Gasteiger charge is -2.10.